The van der Waals surface area contributed by atoms with Crippen molar-refractivity contribution in [3.8, 4) is 0 Å². The van der Waals surface area contributed by atoms with Gasteiger partial charge in [0.25, 0.3) is 5.56 Å². The monoisotopic (exact) mass is 503 g/mol. The van der Waals surface area contributed by atoms with E-state index in [0.29, 0.717) is 11.1 Å². The van der Waals surface area contributed by atoms with E-state index in [4.69, 9.17) is 11.1 Å². The summed E-state index contributed by atoms with van der Waals surface area (Å²) in [6.45, 7) is 1.97. The molecule has 0 aliphatic carbocycles. The Bertz CT molecular complexity index is 1320. The van der Waals surface area contributed by atoms with Gasteiger partial charge < -0.3 is 16.5 Å². The molecular weight excluding hydrogens is 478 g/mol. The van der Waals surface area contributed by atoms with Gasteiger partial charge in [-0.2, -0.15) is 0 Å². The highest BCUT2D eigenvalue weighted by atomic mass is 35.5. The fraction of sp³-hybridized carbons (Fsp3) is 0.174. The molecule has 1 heterocycles. The third-order valence-corrected chi connectivity index (χ3v) is 6.55. The molecule has 0 atom stereocenters. The predicted octanol–water partition coefficient (Wildman–Crippen LogP) is 1.70. The fourth-order valence-corrected chi connectivity index (χ4v) is 4.15. The zero-order valence-electron chi connectivity index (χ0n) is 18.4. The first-order chi connectivity index (χ1) is 15.7. The molecule has 2 aromatic carbocycles. The van der Waals surface area contributed by atoms with Crippen LogP contribution in [-0.2, 0) is 27.6 Å². The maximum atomic E-state index is 12.8. The second kappa shape index (κ2) is 11.5. The average molecular weight is 504 g/mol. The van der Waals surface area contributed by atoms with Gasteiger partial charge in [0.05, 0.1) is 11.3 Å². The van der Waals surface area contributed by atoms with Crippen molar-refractivity contribution in [1.82, 2.24) is 9.99 Å². The Labute approximate surface area is 203 Å². The SMILES string of the molecule is Cc1ccn(NCS(=O)(=O)c2ccccc2)c(=O)c1CC(=O)NCc1ccc(C(=N)N)cc1.Cl. The van der Waals surface area contributed by atoms with Gasteiger partial charge in [0, 0.05) is 23.9 Å². The number of pyridine rings is 1. The Kier molecular flexibility index (Phi) is 8.99. The average Bonchev–Trinajstić information content (AvgIpc) is 2.80. The molecule has 0 bridgehead atoms. The summed E-state index contributed by atoms with van der Waals surface area (Å²) in [5.74, 6) is -0.853. The maximum Gasteiger partial charge on any atom is 0.272 e. The molecule has 34 heavy (non-hydrogen) atoms. The molecule has 9 nitrogen and oxygen atoms in total. The molecule has 0 saturated heterocycles. The number of aryl methyl sites for hydroxylation is 1. The number of nitrogens with two attached hydrogens (primary N) is 1. The number of hydrogen-bond acceptors (Lipinski definition) is 6. The van der Waals surface area contributed by atoms with Gasteiger partial charge in [-0.15, -0.1) is 12.4 Å². The van der Waals surface area contributed by atoms with E-state index in [2.05, 4.69) is 10.7 Å². The van der Waals surface area contributed by atoms with Crippen LogP contribution in [0.1, 0.15) is 22.3 Å². The van der Waals surface area contributed by atoms with E-state index in [1.807, 2.05) is 0 Å². The van der Waals surface area contributed by atoms with Crippen molar-refractivity contribution in [1.29, 1.82) is 5.41 Å². The summed E-state index contributed by atoms with van der Waals surface area (Å²) in [6.07, 6.45) is 1.29. The van der Waals surface area contributed by atoms with E-state index in [1.54, 1.807) is 55.5 Å². The molecule has 0 radical (unpaired) electrons. The molecule has 3 rings (SSSR count). The number of nitrogens with one attached hydrogen (secondary N) is 3. The number of amidine groups is 1. The molecule has 180 valence electrons. The van der Waals surface area contributed by atoms with E-state index in [1.165, 1.54) is 18.3 Å². The van der Waals surface area contributed by atoms with Crippen molar-refractivity contribution in [2.75, 3.05) is 11.3 Å². The third kappa shape index (κ3) is 6.69. The highest BCUT2D eigenvalue weighted by Crippen LogP contribution is 2.09. The van der Waals surface area contributed by atoms with Crippen LogP contribution >= 0.6 is 12.4 Å². The summed E-state index contributed by atoms with van der Waals surface area (Å²) in [6, 6.07) is 16.5. The number of aromatic nitrogens is 1. The normalized spacial score (nSPS) is 10.7. The number of rotatable bonds is 9. The van der Waals surface area contributed by atoms with Gasteiger partial charge in [-0.25, -0.2) is 13.1 Å². The van der Waals surface area contributed by atoms with E-state index < -0.39 is 21.3 Å². The van der Waals surface area contributed by atoms with E-state index >= 15 is 0 Å². The minimum absolute atomic E-state index is 0. The predicted molar refractivity (Wildman–Crippen MR) is 134 cm³/mol. The maximum absolute atomic E-state index is 12.8. The summed E-state index contributed by atoms with van der Waals surface area (Å²) in [7, 11) is -3.64. The van der Waals surface area contributed by atoms with Crippen LogP contribution in [0.25, 0.3) is 0 Å². The second-order valence-electron chi connectivity index (χ2n) is 7.45. The summed E-state index contributed by atoms with van der Waals surface area (Å²) in [4.78, 5) is 25.4. The van der Waals surface area contributed by atoms with E-state index in [9.17, 15) is 18.0 Å². The van der Waals surface area contributed by atoms with Crippen molar-refractivity contribution in [3.05, 3.63) is 99.5 Å². The number of carbonyl (C=O) groups excluding carboxylic acids is 1. The van der Waals surface area contributed by atoms with Gasteiger partial charge >= 0.3 is 0 Å². The Balaban J connectivity index is 0.00000408. The number of amides is 1. The number of carbonyl (C=O) groups is 1. The molecule has 0 aliphatic heterocycles. The number of hydrogen-bond donors (Lipinski definition) is 4. The minimum atomic E-state index is -3.64. The lowest BCUT2D eigenvalue weighted by molar-refractivity contribution is -0.120. The summed E-state index contributed by atoms with van der Waals surface area (Å²) in [5, 5.41) is 10.2. The minimum Gasteiger partial charge on any atom is -0.384 e. The quantitative estimate of drug-likeness (QED) is 0.258. The number of halogens is 1. The van der Waals surface area contributed by atoms with Crippen molar-refractivity contribution in [3.63, 3.8) is 0 Å². The van der Waals surface area contributed by atoms with Gasteiger partial charge in [0.2, 0.25) is 5.91 Å². The fourth-order valence-electron chi connectivity index (χ4n) is 3.10. The lowest BCUT2D eigenvalue weighted by Crippen LogP contribution is -2.36. The van der Waals surface area contributed by atoms with E-state index in [0.717, 1.165) is 10.2 Å². The van der Waals surface area contributed by atoms with Gasteiger partial charge in [0.1, 0.15) is 11.7 Å². The Hall–Kier alpha value is -3.63. The zero-order valence-corrected chi connectivity index (χ0v) is 20.1. The van der Waals surface area contributed by atoms with Crippen molar-refractivity contribution >= 4 is 34.0 Å². The van der Waals surface area contributed by atoms with Crippen LogP contribution in [0, 0.1) is 12.3 Å². The molecule has 0 aliphatic rings. The topological polar surface area (TPSA) is 147 Å². The first-order valence-corrected chi connectivity index (χ1v) is 11.8. The van der Waals surface area contributed by atoms with Gasteiger partial charge in [-0.1, -0.05) is 42.5 Å². The first-order valence-electron chi connectivity index (χ1n) is 10.1. The van der Waals surface area contributed by atoms with Crippen LogP contribution in [0.3, 0.4) is 0 Å². The molecule has 1 aromatic heterocycles. The second-order valence-corrected chi connectivity index (χ2v) is 9.44. The van der Waals surface area contributed by atoms with Gasteiger partial charge in [0.15, 0.2) is 9.84 Å². The molecule has 0 spiro atoms. The molecular formula is C23H26ClN5O4S. The highest BCUT2D eigenvalue weighted by Gasteiger charge is 2.16. The number of nitrogens with zero attached hydrogens (tertiary/aromatic N) is 1. The summed E-state index contributed by atoms with van der Waals surface area (Å²) < 4.78 is 26.0. The Morgan fingerprint density at radius 2 is 1.71 bits per heavy atom. The van der Waals surface area contributed by atoms with Crippen LogP contribution < -0.4 is 22.0 Å². The van der Waals surface area contributed by atoms with Crippen LogP contribution in [0.5, 0.6) is 0 Å². The summed E-state index contributed by atoms with van der Waals surface area (Å²) in [5.41, 5.74) is 9.88. The summed E-state index contributed by atoms with van der Waals surface area (Å²) >= 11 is 0. The molecule has 1 amide bonds. The number of benzene rings is 2. The molecule has 0 unspecified atom stereocenters. The highest BCUT2D eigenvalue weighted by molar-refractivity contribution is 7.91. The molecule has 11 heteroatoms. The van der Waals surface area contributed by atoms with Crippen molar-refractivity contribution < 1.29 is 13.2 Å². The van der Waals surface area contributed by atoms with Gasteiger partial charge in [-0.3, -0.25) is 15.0 Å². The smallest absolute Gasteiger partial charge is 0.272 e. The molecule has 5 N–H and O–H groups in total. The number of nitrogen functional groups attached to an aromatic ring is 1. The molecule has 0 saturated carbocycles. The lowest BCUT2D eigenvalue weighted by atomic mass is 10.1. The Morgan fingerprint density at radius 1 is 1.06 bits per heavy atom. The first kappa shape index (κ1) is 26.6. The van der Waals surface area contributed by atoms with Crippen molar-refractivity contribution in [2.45, 2.75) is 24.8 Å². The van der Waals surface area contributed by atoms with Crippen LogP contribution in [-0.4, -0.2) is 30.7 Å². The molecule has 0 fully saturated rings. The molecule has 3 aromatic rings. The van der Waals surface area contributed by atoms with Crippen LogP contribution in [0.2, 0.25) is 0 Å². The zero-order chi connectivity index (χ0) is 24.0. The largest absolute Gasteiger partial charge is 0.384 e. The van der Waals surface area contributed by atoms with Crippen LogP contribution in [0.15, 0.2) is 76.6 Å². The Morgan fingerprint density at radius 3 is 2.32 bits per heavy atom. The number of sulfone groups is 1. The van der Waals surface area contributed by atoms with Gasteiger partial charge in [-0.05, 0) is 36.2 Å². The van der Waals surface area contributed by atoms with E-state index in [-0.39, 0.29) is 47.6 Å². The standard InChI is InChI=1S/C23H25N5O4S.ClH/c1-16-11-12-28(27-15-33(31,32)19-5-3-2-4-6-19)23(30)20(16)13-21(29)26-14-17-7-9-18(10-8-17)22(24)25;/h2-12,27H,13-15H2,1H3,(H3,24,25)(H,26,29);1H. The van der Waals surface area contributed by atoms with Crippen molar-refractivity contribution in [2.24, 2.45) is 5.73 Å². The third-order valence-electron chi connectivity index (χ3n) is 5.05. The van der Waals surface area contributed by atoms with Crippen LogP contribution in [0.4, 0.5) is 0 Å². The lowest BCUT2D eigenvalue weighted by Gasteiger charge is -2.13.